The molecular weight excluding hydrogens is 568 g/mol. The molecule has 3 aromatic heterocycles. The van der Waals surface area contributed by atoms with Gasteiger partial charge in [-0.05, 0) is 55.7 Å². The predicted molar refractivity (Wildman–Crippen MR) is 153 cm³/mol. The highest BCUT2D eigenvalue weighted by molar-refractivity contribution is 7.92. The second-order valence-electron chi connectivity index (χ2n) is 9.82. The molecule has 42 heavy (non-hydrogen) atoms. The minimum absolute atomic E-state index is 0.138. The molecule has 0 spiro atoms. The van der Waals surface area contributed by atoms with Crippen molar-refractivity contribution in [3.8, 4) is 0 Å². The number of nitrogens with zero attached hydrogens (tertiary/aromatic N) is 6. The zero-order chi connectivity index (χ0) is 30.0. The van der Waals surface area contributed by atoms with E-state index in [1.165, 1.54) is 29.8 Å². The van der Waals surface area contributed by atoms with Crippen molar-refractivity contribution < 1.29 is 26.7 Å². The van der Waals surface area contributed by atoms with Crippen molar-refractivity contribution in [3.05, 3.63) is 76.7 Å². The molecule has 1 unspecified atom stereocenters. The fourth-order valence-corrected chi connectivity index (χ4v) is 5.32. The number of alkyl halides is 2. The third-order valence-electron chi connectivity index (χ3n) is 6.90. The minimum Gasteiger partial charge on any atom is -0.361 e. The van der Waals surface area contributed by atoms with Crippen LogP contribution in [-0.2, 0) is 21.2 Å². The number of ether oxygens (including phenoxy) is 1. The molecule has 1 fully saturated rings. The van der Waals surface area contributed by atoms with E-state index in [9.17, 15) is 22.0 Å². The molecule has 218 valence electrons. The third-order valence-corrected chi connectivity index (χ3v) is 8.09. The van der Waals surface area contributed by atoms with Gasteiger partial charge in [-0.1, -0.05) is 12.6 Å². The number of benzene rings is 1. The number of imidazole rings is 1. The summed E-state index contributed by atoms with van der Waals surface area (Å²) in [7, 11) is -2.38. The number of hydrogen-bond donors (Lipinski definition) is 1. The summed E-state index contributed by atoms with van der Waals surface area (Å²) < 4.78 is 61.8. The van der Waals surface area contributed by atoms with Crippen LogP contribution in [0.2, 0.25) is 0 Å². The smallest absolute Gasteiger partial charge is 0.295 e. The normalized spacial score (nSPS) is 15.5. The first-order valence-corrected chi connectivity index (χ1v) is 14.9. The van der Waals surface area contributed by atoms with E-state index in [2.05, 4.69) is 20.1 Å². The Bertz CT molecular complexity index is 1800. The fraction of sp³-hybridized carbons (Fsp3) is 0.321. The average molecular weight is 596 g/mol. The zero-order valence-corrected chi connectivity index (χ0v) is 23.6. The van der Waals surface area contributed by atoms with Gasteiger partial charge in [0, 0.05) is 19.2 Å². The van der Waals surface area contributed by atoms with Crippen molar-refractivity contribution in [2.24, 2.45) is 0 Å². The molecule has 4 heterocycles. The number of aromatic nitrogens is 4. The van der Waals surface area contributed by atoms with E-state index in [0.29, 0.717) is 36.4 Å². The van der Waals surface area contributed by atoms with Crippen LogP contribution < -0.4 is 9.62 Å². The van der Waals surface area contributed by atoms with Gasteiger partial charge in [-0.2, -0.15) is 0 Å². The summed E-state index contributed by atoms with van der Waals surface area (Å²) in [6, 6.07) is 11.1. The summed E-state index contributed by atoms with van der Waals surface area (Å²) >= 11 is 0. The van der Waals surface area contributed by atoms with Gasteiger partial charge in [0.25, 0.3) is 12.2 Å². The molecule has 1 saturated heterocycles. The van der Waals surface area contributed by atoms with Crippen LogP contribution in [0, 0.1) is 6.57 Å². The maximum Gasteiger partial charge on any atom is 0.295 e. The standard InChI is InChI=1S/C28H27F2N7O4S/c1-31-23-8-6-7-18(32-23)14-19-15-21(34-20-11-10-17(16-38)13-22(20)36(2)42(3,39)40)25-27(33-19)37(28(35-25)26(29)30)24-9-4-5-12-41-24/h6-8,10-11,13,15-16,24,26H,4-5,9,12,14H2,2-3H3,(H,33,34). The van der Waals surface area contributed by atoms with E-state index < -0.39 is 28.5 Å². The van der Waals surface area contributed by atoms with Crippen LogP contribution in [0.5, 0.6) is 0 Å². The van der Waals surface area contributed by atoms with E-state index in [-0.39, 0.29) is 40.3 Å². The summed E-state index contributed by atoms with van der Waals surface area (Å²) in [6.45, 7) is 7.68. The Hall–Kier alpha value is -4.48. The molecule has 11 nitrogen and oxygen atoms in total. The first-order valence-electron chi connectivity index (χ1n) is 13.0. The van der Waals surface area contributed by atoms with Gasteiger partial charge in [-0.25, -0.2) is 27.2 Å². The van der Waals surface area contributed by atoms with Gasteiger partial charge in [0.15, 0.2) is 11.5 Å². The number of anilines is 3. The first-order chi connectivity index (χ1) is 20.1. The summed E-state index contributed by atoms with van der Waals surface area (Å²) in [5.74, 6) is -0.293. The molecular formula is C28H27F2N7O4S. The zero-order valence-electron chi connectivity index (χ0n) is 22.8. The Morgan fingerprint density at radius 3 is 2.64 bits per heavy atom. The lowest BCUT2D eigenvalue weighted by Crippen LogP contribution is -2.25. The number of pyridine rings is 2. The van der Waals surface area contributed by atoms with E-state index in [4.69, 9.17) is 16.3 Å². The van der Waals surface area contributed by atoms with Gasteiger partial charge in [0.05, 0.1) is 35.4 Å². The third kappa shape index (κ3) is 5.93. The summed E-state index contributed by atoms with van der Waals surface area (Å²) in [5.41, 5.74) is 2.29. The van der Waals surface area contributed by atoms with Crippen LogP contribution in [0.25, 0.3) is 16.0 Å². The van der Waals surface area contributed by atoms with Crippen LogP contribution in [-0.4, -0.2) is 54.1 Å². The van der Waals surface area contributed by atoms with Crippen molar-refractivity contribution in [1.29, 1.82) is 0 Å². The SMILES string of the molecule is [C-]#[N+]c1cccc(Cc2cc(Nc3ccc(C=O)cc3N(C)S(C)(=O)=O)c3nc(C(F)F)n(C4CCCCO4)c3n2)n1. The Morgan fingerprint density at radius 1 is 1.17 bits per heavy atom. The Balaban J connectivity index is 1.71. The van der Waals surface area contributed by atoms with E-state index >= 15 is 0 Å². The lowest BCUT2D eigenvalue weighted by Gasteiger charge is -2.25. The van der Waals surface area contributed by atoms with Crippen LogP contribution in [0.4, 0.5) is 31.7 Å². The number of carbonyl (C=O) groups is 1. The number of hydrogen-bond acceptors (Lipinski definition) is 8. The quantitative estimate of drug-likeness (QED) is 0.197. The highest BCUT2D eigenvalue weighted by Crippen LogP contribution is 2.37. The maximum atomic E-state index is 14.4. The van der Waals surface area contributed by atoms with Gasteiger partial charge in [0.1, 0.15) is 23.7 Å². The van der Waals surface area contributed by atoms with Crippen LogP contribution >= 0.6 is 0 Å². The largest absolute Gasteiger partial charge is 0.361 e. The molecule has 0 saturated carbocycles. The van der Waals surface area contributed by atoms with Gasteiger partial charge in [-0.15, -0.1) is 4.98 Å². The molecule has 0 aliphatic carbocycles. The molecule has 1 atom stereocenters. The second-order valence-corrected chi connectivity index (χ2v) is 11.8. The highest BCUT2D eigenvalue weighted by Gasteiger charge is 2.29. The molecule has 0 bridgehead atoms. The van der Waals surface area contributed by atoms with Gasteiger partial charge in [0.2, 0.25) is 10.0 Å². The maximum absolute atomic E-state index is 14.4. The topological polar surface area (TPSA) is 124 Å². The summed E-state index contributed by atoms with van der Waals surface area (Å²) in [5, 5.41) is 3.16. The van der Waals surface area contributed by atoms with Crippen LogP contribution in [0.3, 0.4) is 0 Å². The van der Waals surface area contributed by atoms with Crippen molar-refractivity contribution >= 4 is 50.4 Å². The van der Waals surface area contributed by atoms with Crippen molar-refractivity contribution in [3.63, 3.8) is 0 Å². The fourth-order valence-electron chi connectivity index (χ4n) is 4.81. The monoisotopic (exact) mass is 595 g/mol. The van der Waals surface area contributed by atoms with Crippen molar-refractivity contribution in [2.75, 3.05) is 29.5 Å². The summed E-state index contributed by atoms with van der Waals surface area (Å²) in [4.78, 5) is 28.2. The summed E-state index contributed by atoms with van der Waals surface area (Å²) in [6.07, 6.45) is 0.294. The number of rotatable bonds is 9. The molecule has 1 aliphatic heterocycles. The van der Waals surface area contributed by atoms with Gasteiger partial charge in [-0.3, -0.25) is 13.7 Å². The molecule has 1 aliphatic rings. The number of carbonyl (C=O) groups excluding carboxylic acids is 1. The second kappa shape index (κ2) is 11.8. The number of aldehydes is 1. The Morgan fingerprint density at radius 2 is 1.98 bits per heavy atom. The van der Waals surface area contributed by atoms with Gasteiger partial charge < -0.3 is 14.9 Å². The number of halogens is 2. The Labute approximate surface area is 241 Å². The molecule has 4 aromatic rings. The highest BCUT2D eigenvalue weighted by atomic mass is 32.2. The molecule has 0 radical (unpaired) electrons. The predicted octanol–water partition coefficient (Wildman–Crippen LogP) is 5.56. The van der Waals surface area contributed by atoms with E-state index in [1.54, 1.807) is 24.3 Å². The van der Waals surface area contributed by atoms with Crippen molar-refractivity contribution in [1.82, 2.24) is 19.5 Å². The number of sulfonamides is 1. The number of nitrogens with one attached hydrogen (secondary N) is 1. The van der Waals surface area contributed by atoms with E-state index in [0.717, 1.165) is 23.4 Å². The van der Waals surface area contributed by atoms with Crippen LogP contribution in [0.1, 0.15) is 59.5 Å². The lowest BCUT2D eigenvalue weighted by molar-refractivity contribution is -0.0363. The molecule has 14 heteroatoms. The van der Waals surface area contributed by atoms with E-state index in [1.807, 2.05) is 0 Å². The average Bonchev–Trinajstić information content (AvgIpc) is 3.37. The minimum atomic E-state index is -3.72. The first kappa shape index (κ1) is 29.0. The van der Waals surface area contributed by atoms with Crippen molar-refractivity contribution in [2.45, 2.75) is 38.3 Å². The lowest BCUT2D eigenvalue weighted by atomic mass is 10.1. The van der Waals surface area contributed by atoms with Crippen LogP contribution in [0.15, 0.2) is 42.5 Å². The molecule has 1 N–H and O–H groups in total. The molecule has 0 amide bonds. The Kier molecular flexibility index (Phi) is 8.15. The molecule has 5 rings (SSSR count). The van der Waals surface area contributed by atoms with Gasteiger partial charge >= 0.3 is 0 Å². The number of fused-ring (bicyclic) bond motifs is 1. The molecule has 1 aromatic carbocycles.